The first-order valence-electron chi connectivity index (χ1n) is 7.73. The van der Waals surface area contributed by atoms with E-state index in [4.69, 9.17) is 0 Å². The Labute approximate surface area is 114 Å². The first kappa shape index (κ1) is 9.42. The third kappa shape index (κ3) is 0.462. The van der Waals surface area contributed by atoms with E-state index in [1.807, 2.05) is 9.36 Å². The van der Waals surface area contributed by atoms with Crippen LogP contribution in [0.4, 0.5) is 0 Å². The maximum Gasteiger partial charge on any atom is 0.347 e. The third-order valence-corrected chi connectivity index (χ3v) is 8.30. The van der Waals surface area contributed by atoms with Crippen LogP contribution in [0.25, 0.3) is 0 Å². The topological polar surface area (TPSA) is 48.9 Å². The van der Waals surface area contributed by atoms with Gasteiger partial charge in [0.15, 0.2) is 0 Å². The molecule has 0 N–H and O–H groups in total. The minimum absolute atomic E-state index is 0.0882. The fourth-order valence-corrected chi connectivity index (χ4v) is 8.17. The molecule has 0 aromatic carbocycles. The Hall–Kier alpha value is -1.52. The van der Waals surface area contributed by atoms with Crippen molar-refractivity contribution in [2.45, 2.75) is 24.9 Å². The zero-order valence-corrected chi connectivity index (χ0v) is 11.2. The summed E-state index contributed by atoms with van der Waals surface area (Å²) in [7, 11) is 1.63. The predicted molar refractivity (Wildman–Crippen MR) is 69.2 cm³/mol. The molecule has 2 bridgehead atoms. The van der Waals surface area contributed by atoms with E-state index in [1.54, 1.807) is 7.05 Å². The lowest BCUT2D eigenvalue weighted by Crippen LogP contribution is -3.00. The van der Waals surface area contributed by atoms with Crippen molar-refractivity contribution in [1.29, 1.82) is 0 Å². The van der Waals surface area contributed by atoms with Gasteiger partial charge in [0.05, 0.1) is 12.1 Å². The van der Waals surface area contributed by atoms with Crippen LogP contribution in [-0.4, -0.2) is 13.9 Å². The van der Waals surface area contributed by atoms with Crippen molar-refractivity contribution < 1.29 is 0 Å². The van der Waals surface area contributed by atoms with Crippen molar-refractivity contribution >= 4 is 0 Å². The Bertz CT molecular complexity index is 818. The van der Waals surface area contributed by atoms with Gasteiger partial charge < -0.3 is 0 Å². The normalized spacial score (nSPS) is 60.5. The first-order chi connectivity index (χ1) is 9.68. The highest BCUT2D eigenvalue weighted by molar-refractivity contribution is 5.50. The summed E-state index contributed by atoms with van der Waals surface area (Å²) in [5.74, 6) is 3.15. The van der Waals surface area contributed by atoms with Gasteiger partial charge >= 0.3 is 11.4 Å². The lowest BCUT2D eigenvalue weighted by molar-refractivity contribution is -0.551. The number of nitrogens with zero attached hydrogens (tertiary/aromatic N) is 3. The summed E-state index contributed by atoms with van der Waals surface area (Å²) >= 11 is 0. The van der Waals surface area contributed by atoms with Gasteiger partial charge in [0, 0.05) is 17.9 Å². The highest BCUT2D eigenvalue weighted by Gasteiger charge is 3.02. The molecule has 4 fully saturated rings. The summed E-state index contributed by atoms with van der Waals surface area (Å²) in [5, 5.41) is 0. The van der Waals surface area contributed by atoms with Gasteiger partial charge in [-0.3, -0.25) is 0 Å². The molecule has 3 heterocycles. The second kappa shape index (κ2) is 2.11. The molecule has 2 aliphatic heterocycles. The van der Waals surface area contributed by atoms with E-state index in [0.29, 0.717) is 34.7 Å². The summed E-state index contributed by atoms with van der Waals surface area (Å²) in [4.78, 5) is 25.0. The zero-order valence-electron chi connectivity index (χ0n) is 11.2. The fourth-order valence-electron chi connectivity index (χ4n) is 8.17. The van der Waals surface area contributed by atoms with Crippen molar-refractivity contribution in [3.8, 4) is 0 Å². The summed E-state index contributed by atoms with van der Waals surface area (Å²) < 4.78 is 5.03. The van der Waals surface area contributed by atoms with Crippen LogP contribution < -0.4 is 11.4 Å². The minimum atomic E-state index is -0.0882. The molecule has 102 valence electrons. The van der Waals surface area contributed by atoms with E-state index in [-0.39, 0.29) is 11.4 Å². The number of hydrogen-bond donors (Lipinski definition) is 0. The van der Waals surface area contributed by atoms with E-state index in [9.17, 15) is 9.59 Å². The van der Waals surface area contributed by atoms with Crippen molar-refractivity contribution in [2.75, 3.05) is 0 Å². The quantitative estimate of drug-likeness (QED) is 0.635. The van der Waals surface area contributed by atoms with Crippen LogP contribution in [0.3, 0.4) is 0 Å². The zero-order chi connectivity index (χ0) is 13.2. The Morgan fingerprint density at radius 3 is 1.85 bits per heavy atom. The van der Waals surface area contributed by atoms with E-state index in [0.717, 1.165) is 24.7 Å². The molecular weight excluding hydrogens is 254 g/mol. The minimum Gasteiger partial charge on any atom is -0.246 e. The number of aromatic nitrogens is 3. The fraction of sp³-hybridized carbons (Fsp3) is 0.733. The smallest absolute Gasteiger partial charge is 0.246 e. The van der Waals surface area contributed by atoms with E-state index in [1.165, 1.54) is 4.57 Å². The molecule has 0 amide bonds. The highest BCUT2D eigenvalue weighted by Crippen LogP contribution is 3.03. The van der Waals surface area contributed by atoms with Gasteiger partial charge in [-0.05, 0) is 36.5 Å². The second-order valence-corrected chi connectivity index (χ2v) is 7.87. The highest BCUT2D eigenvalue weighted by atomic mass is 16.2. The van der Waals surface area contributed by atoms with E-state index < -0.39 is 0 Å². The second-order valence-electron chi connectivity index (χ2n) is 7.87. The molecule has 0 radical (unpaired) electrons. The Balaban J connectivity index is 1.67. The van der Waals surface area contributed by atoms with Crippen molar-refractivity contribution in [3.63, 3.8) is 0 Å². The van der Waals surface area contributed by atoms with E-state index in [2.05, 4.69) is 12.2 Å². The van der Waals surface area contributed by atoms with Gasteiger partial charge in [-0.2, -0.15) is 0 Å². The van der Waals surface area contributed by atoms with Crippen molar-refractivity contribution in [2.24, 2.45) is 41.5 Å². The Morgan fingerprint density at radius 2 is 1.40 bits per heavy atom. The summed E-state index contributed by atoms with van der Waals surface area (Å²) in [6, 6.07) is 0.637. The molecule has 4 saturated carbocycles. The average Bonchev–Trinajstić information content (AvgIpc) is 2.64. The summed E-state index contributed by atoms with van der Waals surface area (Å²) in [5.41, 5.74) is 0.506. The molecule has 20 heavy (non-hydrogen) atoms. The molecule has 1 aromatic heterocycles. The maximum absolute atomic E-state index is 12.5. The molecule has 8 atom stereocenters. The van der Waals surface area contributed by atoms with Gasteiger partial charge in [-0.1, -0.05) is 12.2 Å². The molecule has 2 spiro atoms. The molecule has 7 aliphatic rings. The molecule has 5 aliphatic carbocycles. The molecule has 5 nitrogen and oxygen atoms in total. The molecule has 0 unspecified atom stereocenters. The van der Waals surface area contributed by atoms with Crippen LogP contribution in [-0.2, 0) is 7.05 Å². The Kier molecular flexibility index (Phi) is 0.992. The molecule has 5 heteroatoms. The van der Waals surface area contributed by atoms with Crippen LogP contribution in [0.5, 0.6) is 0 Å². The monoisotopic (exact) mass is 269 g/mol. The van der Waals surface area contributed by atoms with Crippen LogP contribution in [0, 0.1) is 34.5 Å². The van der Waals surface area contributed by atoms with E-state index >= 15 is 0 Å². The Morgan fingerprint density at radius 1 is 0.950 bits per heavy atom. The molecular formula is C15H15N3O2. The summed E-state index contributed by atoms with van der Waals surface area (Å²) in [6.07, 6.45) is 6.92. The SMILES string of the molecule is Cn1c(=O)n2n(c1=O)[C@H]1[C@@H]3[C@@H]4[C@@H]5[C@H]3[C@]13CC=CC[C@@]53[C@H]42. The van der Waals surface area contributed by atoms with Gasteiger partial charge in [0.2, 0.25) is 0 Å². The standard InChI is InChI=1S/C15H15N3O2/c1-16-12(19)17-10-6-7-9-8(6)14(10)4-2-3-5-15(9,14)11(7)18(17)13(16)20/h2-3,6-11H,4-5H2,1H3/t6-,7-,8-,9+,10+,11+,14+,15-/m1/s1. The number of hydrogen-bond acceptors (Lipinski definition) is 2. The largest absolute Gasteiger partial charge is 0.347 e. The number of rotatable bonds is 0. The van der Waals surface area contributed by atoms with Crippen molar-refractivity contribution in [1.82, 2.24) is 13.9 Å². The van der Waals surface area contributed by atoms with Crippen molar-refractivity contribution in [3.05, 3.63) is 33.1 Å². The van der Waals surface area contributed by atoms with Crippen LogP contribution in [0.1, 0.15) is 24.9 Å². The average molecular weight is 269 g/mol. The first-order valence-corrected chi connectivity index (χ1v) is 7.73. The third-order valence-electron chi connectivity index (χ3n) is 8.30. The van der Waals surface area contributed by atoms with Crippen LogP contribution in [0.2, 0.25) is 0 Å². The van der Waals surface area contributed by atoms with Crippen LogP contribution in [0.15, 0.2) is 21.7 Å². The molecule has 8 rings (SSSR count). The van der Waals surface area contributed by atoms with Crippen LogP contribution >= 0.6 is 0 Å². The molecule has 0 saturated heterocycles. The maximum atomic E-state index is 12.5. The summed E-state index contributed by atoms with van der Waals surface area (Å²) in [6.45, 7) is 0. The van der Waals surface area contributed by atoms with Gasteiger partial charge in [0.25, 0.3) is 0 Å². The van der Waals surface area contributed by atoms with Gasteiger partial charge in [0.1, 0.15) is 0 Å². The number of allylic oxidation sites excluding steroid dienone is 2. The molecule has 1 aromatic rings. The van der Waals surface area contributed by atoms with Gasteiger partial charge in [-0.25, -0.2) is 23.5 Å². The predicted octanol–water partition coefficient (Wildman–Crippen LogP) is 0.286. The lowest BCUT2D eigenvalue weighted by atomic mass is 9.04. The lowest BCUT2D eigenvalue weighted by Gasteiger charge is -3.01. The van der Waals surface area contributed by atoms with Gasteiger partial charge in [-0.15, -0.1) is 0 Å².